The van der Waals surface area contributed by atoms with Gasteiger partial charge in [0.15, 0.2) is 5.60 Å². The fourth-order valence-electron chi connectivity index (χ4n) is 2.75. The summed E-state index contributed by atoms with van der Waals surface area (Å²) in [6, 6.07) is 8.13. The molecule has 2 rings (SSSR count). The first kappa shape index (κ1) is 13.1. The molecule has 3 heteroatoms. The number of hydrogen-bond acceptors (Lipinski definition) is 3. The van der Waals surface area contributed by atoms with Crippen LogP contribution in [0.2, 0.25) is 0 Å². The van der Waals surface area contributed by atoms with Crippen LogP contribution in [-0.4, -0.2) is 23.3 Å². The quantitative estimate of drug-likeness (QED) is 0.830. The first-order valence-corrected chi connectivity index (χ1v) is 6.58. The van der Waals surface area contributed by atoms with E-state index in [1.807, 2.05) is 19.1 Å². The fourth-order valence-corrected chi connectivity index (χ4v) is 2.75. The molecule has 1 N–H and O–H groups in total. The van der Waals surface area contributed by atoms with Crippen molar-refractivity contribution in [1.29, 1.82) is 0 Å². The Hall–Kier alpha value is -1.35. The normalized spacial score (nSPS) is 18.2. The first-order chi connectivity index (χ1) is 8.61. The molecule has 98 valence electrons. The van der Waals surface area contributed by atoms with Gasteiger partial charge >= 0.3 is 5.97 Å². The maximum absolute atomic E-state index is 12.0. The van der Waals surface area contributed by atoms with Gasteiger partial charge in [-0.1, -0.05) is 31.2 Å². The van der Waals surface area contributed by atoms with Crippen molar-refractivity contribution in [3.8, 4) is 0 Å². The summed E-state index contributed by atoms with van der Waals surface area (Å²) in [4.78, 5) is 12.0. The lowest BCUT2D eigenvalue weighted by Gasteiger charge is -2.30. The second-order valence-corrected chi connectivity index (χ2v) is 4.87. The van der Waals surface area contributed by atoms with Gasteiger partial charge in [0.1, 0.15) is 0 Å². The van der Waals surface area contributed by atoms with Crippen molar-refractivity contribution >= 4 is 5.97 Å². The maximum atomic E-state index is 12.0. The molecule has 0 bridgehead atoms. The maximum Gasteiger partial charge on any atom is 0.338 e. The summed E-state index contributed by atoms with van der Waals surface area (Å²) in [5, 5.41) is 10.6. The third-order valence-electron chi connectivity index (χ3n) is 3.89. The van der Waals surface area contributed by atoms with Gasteiger partial charge in [-0.15, -0.1) is 0 Å². The molecule has 0 saturated carbocycles. The number of aliphatic hydroxyl groups is 1. The molecule has 0 fully saturated rings. The SMILES string of the molecule is CCOC(=O)C(O)(CC)C1Cc2ccccc2C1. The average molecular weight is 248 g/mol. The van der Waals surface area contributed by atoms with Crippen LogP contribution in [0.3, 0.4) is 0 Å². The molecule has 0 radical (unpaired) electrons. The number of fused-ring (bicyclic) bond motifs is 1. The predicted octanol–water partition coefficient (Wildman–Crippen LogP) is 2.11. The van der Waals surface area contributed by atoms with Crippen molar-refractivity contribution in [3.63, 3.8) is 0 Å². The Morgan fingerprint density at radius 3 is 2.33 bits per heavy atom. The van der Waals surface area contributed by atoms with E-state index in [0.29, 0.717) is 13.0 Å². The zero-order chi connectivity index (χ0) is 13.2. The highest BCUT2D eigenvalue weighted by molar-refractivity contribution is 5.80. The standard InChI is InChI=1S/C15H20O3/c1-3-15(17,14(16)18-4-2)13-9-11-7-5-6-8-12(11)10-13/h5-8,13,17H,3-4,9-10H2,1-2H3. The van der Waals surface area contributed by atoms with Gasteiger partial charge in [-0.05, 0) is 37.3 Å². The third kappa shape index (κ3) is 2.15. The molecule has 1 aliphatic carbocycles. The minimum Gasteiger partial charge on any atom is -0.464 e. The Kier molecular flexibility index (Phi) is 3.71. The van der Waals surface area contributed by atoms with Crippen LogP contribution >= 0.6 is 0 Å². The number of rotatable bonds is 4. The van der Waals surface area contributed by atoms with E-state index in [9.17, 15) is 9.90 Å². The van der Waals surface area contributed by atoms with Gasteiger partial charge in [-0.25, -0.2) is 4.79 Å². The van der Waals surface area contributed by atoms with Crippen molar-refractivity contribution in [3.05, 3.63) is 35.4 Å². The molecular formula is C15H20O3. The summed E-state index contributed by atoms with van der Waals surface area (Å²) in [5.74, 6) is -0.552. The zero-order valence-electron chi connectivity index (χ0n) is 11.0. The molecule has 3 nitrogen and oxygen atoms in total. The van der Waals surface area contributed by atoms with Gasteiger partial charge in [0, 0.05) is 5.92 Å². The van der Waals surface area contributed by atoms with Crippen LogP contribution in [0, 0.1) is 5.92 Å². The molecule has 18 heavy (non-hydrogen) atoms. The van der Waals surface area contributed by atoms with Crippen LogP contribution in [0.1, 0.15) is 31.4 Å². The van der Waals surface area contributed by atoms with Crippen LogP contribution in [0.25, 0.3) is 0 Å². The van der Waals surface area contributed by atoms with E-state index in [4.69, 9.17) is 4.74 Å². The molecular weight excluding hydrogens is 228 g/mol. The summed E-state index contributed by atoms with van der Waals surface area (Å²) in [7, 11) is 0. The van der Waals surface area contributed by atoms with E-state index in [-0.39, 0.29) is 5.92 Å². The van der Waals surface area contributed by atoms with Crippen LogP contribution in [0.5, 0.6) is 0 Å². The Bertz CT molecular complexity index is 416. The second-order valence-electron chi connectivity index (χ2n) is 4.87. The molecule has 1 aromatic rings. The summed E-state index contributed by atoms with van der Waals surface area (Å²) >= 11 is 0. The lowest BCUT2D eigenvalue weighted by molar-refractivity contribution is -0.171. The smallest absolute Gasteiger partial charge is 0.338 e. The number of benzene rings is 1. The molecule has 0 saturated heterocycles. The van der Waals surface area contributed by atoms with Crippen molar-refractivity contribution in [1.82, 2.24) is 0 Å². The topological polar surface area (TPSA) is 46.5 Å². The van der Waals surface area contributed by atoms with Crippen LogP contribution in [0.15, 0.2) is 24.3 Å². The van der Waals surface area contributed by atoms with E-state index < -0.39 is 11.6 Å². The third-order valence-corrected chi connectivity index (χ3v) is 3.89. The van der Waals surface area contributed by atoms with Crippen molar-refractivity contribution in [2.75, 3.05) is 6.61 Å². The molecule has 0 aromatic heterocycles. The highest BCUT2D eigenvalue weighted by Gasteiger charge is 2.45. The van der Waals surface area contributed by atoms with Crippen LogP contribution < -0.4 is 0 Å². The average Bonchev–Trinajstić information content (AvgIpc) is 2.82. The van der Waals surface area contributed by atoms with Crippen LogP contribution in [-0.2, 0) is 22.4 Å². The number of hydrogen-bond donors (Lipinski definition) is 1. The van der Waals surface area contributed by atoms with E-state index >= 15 is 0 Å². The van der Waals surface area contributed by atoms with Gasteiger partial charge < -0.3 is 9.84 Å². The number of ether oxygens (including phenoxy) is 1. The fraction of sp³-hybridized carbons (Fsp3) is 0.533. The van der Waals surface area contributed by atoms with Crippen molar-refractivity contribution in [2.24, 2.45) is 5.92 Å². The van der Waals surface area contributed by atoms with E-state index in [1.165, 1.54) is 11.1 Å². The lowest BCUT2D eigenvalue weighted by atomic mass is 9.83. The molecule has 1 aliphatic rings. The molecule has 0 spiro atoms. The highest BCUT2D eigenvalue weighted by atomic mass is 16.5. The number of carbonyl (C=O) groups excluding carboxylic acids is 1. The molecule has 0 amide bonds. The van der Waals surface area contributed by atoms with Crippen molar-refractivity contribution < 1.29 is 14.6 Å². The minimum atomic E-state index is -1.35. The number of esters is 1. The largest absolute Gasteiger partial charge is 0.464 e. The summed E-state index contributed by atoms with van der Waals surface area (Å²) in [6.45, 7) is 3.90. The van der Waals surface area contributed by atoms with Gasteiger partial charge in [0.25, 0.3) is 0 Å². The Morgan fingerprint density at radius 1 is 1.33 bits per heavy atom. The summed E-state index contributed by atoms with van der Waals surface area (Å²) in [5.41, 5.74) is 1.12. The molecule has 1 aromatic carbocycles. The lowest BCUT2D eigenvalue weighted by Crippen LogP contribution is -2.47. The summed E-state index contributed by atoms with van der Waals surface area (Å²) in [6.07, 6.45) is 1.89. The minimum absolute atomic E-state index is 0.0704. The van der Waals surface area contributed by atoms with E-state index in [1.54, 1.807) is 6.92 Å². The number of carbonyl (C=O) groups is 1. The monoisotopic (exact) mass is 248 g/mol. The van der Waals surface area contributed by atoms with Gasteiger partial charge in [-0.3, -0.25) is 0 Å². The van der Waals surface area contributed by atoms with Gasteiger partial charge in [0.05, 0.1) is 6.61 Å². The molecule has 1 unspecified atom stereocenters. The zero-order valence-corrected chi connectivity index (χ0v) is 11.0. The molecule has 0 aliphatic heterocycles. The van der Waals surface area contributed by atoms with Crippen molar-refractivity contribution in [2.45, 2.75) is 38.7 Å². The second kappa shape index (κ2) is 5.11. The van der Waals surface area contributed by atoms with Gasteiger partial charge in [0.2, 0.25) is 0 Å². The predicted molar refractivity (Wildman–Crippen MR) is 69.2 cm³/mol. The first-order valence-electron chi connectivity index (χ1n) is 6.58. The summed E-state index contributed by atoms with van der Waals surface area (Å²) < 4.78 is 5.02. The molecule has 1 atom stereocenters. The van der Waals surface area contributed by atoms with E-state index in [0.717, 1.165) is 12.8 Å². The molecule has 0 heterocycles. The Morgan fingerprint density at radius 2 is 1.89 bits per heavy atom. The highest BCUT2D eigenvalue weighted by Crippen LogP contribution is 2.36. The Labute approximate surface area is 108 Å². The Balaban J connectivity index is 2.19. The van der Waals surface area contributed by atoms with E-state index in [2.05, 4.69) is 12.1 Å². The van der Waals surface area contributed by atoms with Crippen LogP contribution in [0.4, 0.5) is 0 Å². The van der Waals surface area contributed by atoms with Gasteiger partial charge in [-0.2, -0.15) is 0 Å².